The van der Waals surface area contributed by atoms with E-state index in [1.165, 1.54) is 6.20 Å². The average molecular weight is 372 g/mol. The van der Waals surface area contributed by atoms with Crippen molar-refractivity contribution in [2.45, 2.75) is 6.61 Å². The highest BCUT2D eigenvalue weighted by Gasteiger charge is 2.26. The molecular formula is C18H16N2O5S. The smallest absolute Gasteiger partial charge is 0.264 e. The largest absolute Gasteiger partial charge is 0.361 e. The fourth-order valence-electron chi connectivity index (χ4n) is 2.45. The molecule has 1 aliphatic rings. The number of nitrogens with one attached hydrogen (secondary N) is 2. The summed E-state index contributed by atoms with van der Waals surface area (Å²) in [6, 6.07) is 13.7. The number of benzene rings is 2. The Balaban J connectivity index is 1.76. The quantitative estimate of drug-likeness (QED) is 0.472. The van der Waals surface area contributed by atoms with Gasteiger partial charge in [-0.3, -0.25) is 19.1 Å². The predicted molar refractivity (Wildman–Crippen MR) is 96.6 cm³/mol. The lowest BCUT2D eigenvalue weighted by atomic mass is 9.96. The Hall–Kier alpha value is -2.97. The molecule has 2 amide bonds. The first kappa shape index (κ1) is 17.8. The lowest BCUT2D eigenvalue weighted by Crippen LogP contribution is -2.36. The van der Waals surface area contributed by atoms with Gasteiger partial charge in [0.1, 0.15) is 0 Å². The van der Waals surface area contributed by atoms with Crippen LogP contribution in [0, 0.1) is 0 Å². The molecule has 7 nitrogen and oxygen atoms in total. The van der Waals surface area contributed by atoms with E-state index < -0.39 is 21.9 Å². The maximum atomic E-state index is 12.1. The molecule has 0 unspecified atom stereocenters. The molecule has 0 bridgehead atoms. The van der Waals surface area contributed by atoms with Gasteiger partial charge >= 0.3 is 0 Å². The van der Waals surface area contributed by atoms with Gasteiger partial charge in [0.25, 0.3) is 21.9 Å². The second-order valence-corrected chi connectivity index (χ2v) is 7.34. The van der Waals surface area contributed by atoms with E-state index >= 15 is 0 Å². The van der Waals surface area contributed by atoms with Gasteiger partial charge in [0.2, 0.25) is 0 Å². The predicted octanol–water partition coefficient (Wildman–Crippen LogP) is 1.89. The van der Waals surface area contributed by atoms with Crippen LogP contribution in [0.5, 0.6) is 0 Å². The highest BCUT2D eigenvalue weighted by Crippen LogP contribution is 2.24. The number of imide groups is 1. The normalized spacial score (nSPS) is 15.5. The highest BCUT2D eigenvalue weighted by atomic mass is 32.2. The maximum absolute atomic E-state index is 12.1. The summed E-state index contributed by atoms with van der Waals surface area (Å²) in [5.41, 5.74) is 2.74. The zero-order chi connectivity index (χ0) is 18.7. The summed E-state index contributed by atoms with van der Waals surface area (Å²) in [5.74, 6) is -0.891. The van der Waals surface area contributed by atoms with Gasteiger partial charge in [0.15, 0.2) is 0 Å². The zero-order valence-corrected chi connectivity index (χ0v) is 14.7. The Morgan fingerprint density at radius 3 is 2.31 bits per heavy atom. The van der Waals surface area contributed by atoms with Crippen molar-refractivity contribution in [2.75, 3.05) is 11.6 Å². The average Bonchev–Trinajstić information content (AvgIpc) is 2.60. The van der Waals surface area contributed by atoms with E-state index in [1.807, 2.05) is 0 Å². The van der Waals surface area contributed by atoms with Crippen molar-refractivity contribution >= 4 is 33.2 Å². The van der Waals surface area contributed by atoms with Crippen LogP contribution in [-0.4, -0.2) is 26.5 Å². The standard InChI is InChI=1S/C18H16N2O5S/c1-26(23,24)25-11-12-6-8-13(9-7-12)19-10-16-14-4-2-3-5-15(14)17(21)20-18(16)22/h2-10,19H,11H2,1H3,(H,20,21,22)/b16-10-. The van der Waals surface area contributed by atoms with Gasteiger partial charge in [0.05, 0.1) is 18.4 Å². The third-order valence-corrected chi connectivity index (χ3v) is 4.26. The summed E-state index contributed by atoms with van der Waals surface area (Å²) in [6.45, 7) is -0.0436. The molecule has 0 spiro atoms. The zero-order valence-electron chi connectivity index (χ0n) is 13.9. The molecule has 0 fully saturated rings. The van der Waals surface area contributed by atoms with Gasteiger partial charge in [-0.1, -0.05) is 30.3 Å². The fraction of sp³-hybridized carbons (Fsp3) is 0.111. The van der Waals surface area contributed by atoms with Crippen molar-refractivity contribution in [3.05, 3.63) is 71.4 Å². The van der Waals surface area contributed by atoms with Crippen molar-refractivity contribution in [1.82, 2.24) is 5.32 Å². The van der Waals surface area contributed by atoms with E-state index in [4.69, 9.17) is 4.18 Å². The van der Waals surface area contributed by atoms with Crippen LogP contribution < -0.4 is 10.6 Å². The van der Waals surface area contributed by atoms with Crippen molar-refractivity contribution in [3.63, 3.8) is 0 Å². The maximum Gasteiger partial charge on any atom is 0.264 e. The minimum absolute atomic E-state index is 0.0436. The van der Waals surface area contributed by atoms with Gasteiger partial charge in [-0.15, -0.1) is 0 Å². The first-order valence-corrected chi connectivity index (χ1v) is 9.50. The Morgan fingerprint density at radius 2 is 1.65 bits per heavy atom. The summed E-state index contributed by atoms with van der Waals surface area (Å²) < 4.78 is 26.7. The fourth-order valence-corrected chi connectivity index (χ4v) is 2.80. The van der Waals surface area contributed by atoms with E-state index in [2.05, 4.69) is 10.6 Å². The third kappa shape index (κ3) is 4.16. The Bertz CT molecular complexity index is 994. The number of carbonyl (C=O) groups excluding carboxylic acids is 2. The molecule has 1 aliphatic heterocycles. The SMILES string of the molecule is CS(=O)(=O)OCc1ccc(N/C=C2\C(=O)NC(=O)c3ccccc32)cc1. The lowest BCUT2D eigenvalue weighted by Gasteiger charge is -2.18. The molecule has 2 N–H and O–H groups in total. The van der Waals surface area contributed by atoms with E-state index in [0.29, 0.717) is 28.0 Å². The molecule has 1 heterocycles. The number of rotatable bonds is 5. The molecule has 134 valence electrons. The van der Waals surface area contributed by atoms with Crippen LogP contribution in [0.2, 0.25) is 0 Å². The minimum atomic E-state index is -3.49. The molecule has 0 saturated carbocycles. The molecule has 2 aromatic rings. The van der Waals surface area contributed by atoms with E-state index in [9.17, 15) is 18.0 Å². The first-order valence-electron chi connectivity index (χ1n) is 7.68. The second-order valence-electron chi connectivity index (χ2n) is 5.69. The van der Waals surface area contributed by atoms with Crippen LogP contribution >= 0.6 is 0 Å². The summed E-state index contributed by atoms with van der Waals surface area (Å²) in [6.07, 6.45) is 2.52. The monoisotopic (exact) mass is 372 g/mol. The molecule has 2 aromatic carbocycles. The van der Waals surface area contributed by atoms with Gasteiger partial charge in [-0.05, 0) is 23.8 Å². The van der Waals surface area contributed by atoms with Crippen LogP contribution in [0.4, 0.5) is 5.69 Å². The van der Waals surface area contributed by atoms with E-state index in [-0.39, 0.29) is 6.61 Å². The molecule has 0 radical (unpaired) electrons. The minimum Gasteiger partial charge on any atom is -0.361 e. The molecule has 0 aromatic heterocycles. The van der Waals surface area contributed by atoms with Crippen LogP contribution in [0.25, 0.3) is 5.57 Å². The summed E-state index contributed by atoms with van der Waals surface area (Å²) in [5, 5.41) is 5.31. The molecule has 0 aliphatic carbocycles. The van der Waals surface area contributed by atoms with Crippen molar-refractivity contribution in [3.8, 4) is 0 Å². The third-order valence-electron chi connectivity index (χ3n) is 3.71. The van der Waals surface area contributed by atoms with Gasteiger partial charge < -0.3 is 5.32 Å². The molecule has 8 heteroatoms. The Labute approximate surface area is 150 Å². The molecule has 0 saturated heterocycles. The first-order chi connectivity index (χ1) is 12.3. The van der Waals surface area contributed by atoms with E-state index in [1.54, 1.807) is 48.5 Å². The Morgan fingerprint density at radius 1 is 1.00 bits per heavy atom. The highest BCUT2D eigenvalue weighted by molar-refractivity contribution is 7.85. The van der Waals surface area contributed by atoms with Gasteiger partial charge in [-0.2, -0.15) is 8.42 Å². The van der Waals surface area contributed by atoms with Crippen LogP contribution in [0.3, 0.4) is 0 Å². The lowest BCUT2D eigenvalue weighted by molar-refractivity contribution is -0.114. The molecule has 26 heavy (non-hydrogen) atoms. The number of fused-ring (bicyclic) bond motifs is 1. The van der Waals surface area contributed by atoms with Crippen LogP contribution in [0.1, 0.15) is 21.5 Å². The topological polar surface area (TPSA) is 102 Å². The summed E-state index contributed by atoms with van der Waals surface area (Å²) in [4.78, 5) is 24.0. The van der Waals surface area contributed by atoms with Gasteiger partial charge in [0, 0.05) is 23.0 Å². The van der Waals surface area contributed by atoms with Crippen molar-refractivity contribution < 1.29 is 22.2 Å². The molecule has 0 atom stereocenters. The Kier molecular flexibility index (Phi) is 4.88. The molecule has 3 rings (SSSR count). The van der Waals surface area contributed by atoms with Crippen molar-refractivity contribution in [2.24, 2.45) is 0 Å². The second kappa shape index (κ2) is 7.11. The summed E-state index contributed by atoms with van der Waals surface area (Å²) >= 11 is 0. The van der Waals surface area contributed by atoms with Crippen LogP contribution in [-0.2, 0) is 25.7 Å². The summed E-state index contributed by atoms with van der Waals surface area (Å²) in [7, 11) is -3.49. The van der Waals surface area contributed by atoms with E-state index in [0.717, 1.165) is 6.26 Å². The number of anilines is 1. The van der Waals surface area contributed by atoms with Gasteiger partial charge in [-0.25, -0.2) is 0 Å². The van der Waals surface area contributed by atoms with Crippen molar-refractivity contribution in [1.29, 1.82) is 0 Å². The number of amides is 2. The number of hydrogen-bond donors (Lipinski definition) is 2. The molecular weight excluding hydrogens is 356 g/mol. The number of carbonyl (C=O) groups is 2. The number of hydrogen-bond acceptors (Lipinski definition) is 6. The van der Waals surface area contributed by atoms with Crippen LogP contribution in [0.15, 0.2) is 54.7 Å².